The normalized spacial score (nSPS) is 31.4. The van der Waals surface area contributed by atoms with Crippen molar-refractivity contribution in [3.63, 3.8) is 0 Å². The number of rotatable bonds is 3. The minimum atomic E-state index is -0.834. The standard InChI is InChI=1S/C13H15NO3S/c15-12(10-4-2-6-18-10)11-8(13(16)17)7-14-5-1-3-9(11)14/h2,4,6,8-9,11H,1,3,5,7H2,(H,16,17)/t8?,9?,11-/m0/s1. The quantitative estimate of drug-likeness (QED) is 0.846. The minimum absolute atomic E-state index is 0.0202. The van der Waals surface area contributed by atoms with Gasteiger partial charge in [-0.15, -0.1) is 11.3 Å². The molecule has 1 N–H and O–H groups in total. The number of Topliss-reactive ketones (excluding diaryl/α,β-unsaturated/α-hetero) is 1. The van der Waals surface area contributed by atoms with Crippen molar-refractivity contribution < 1.29 is 14.7 Å². The number of nitrogens with zero attached hydrogens (tertiary/aromatic N) is 1. The van der Waals surface area contributed by atoms with Gasteiger partial charge in [-0.2, -0.15) is 0 Å². The molecule has 3 heterocycles. The van der Waals surface area contributed by atoms with Crippen LogP contribution in [0.2, 0.25) is 0 Å². The van der Waals surface area contributed by atoms with Crippen LogP contribution in [-0.4, -0.2) is 40.9 Å². The summed E-state index contributed by atoms with van der Waals surface area (Å²) < 4.78 is 0. The van der Waals surface area contributed by atoms with Crippen LogP contribution >= 0.6 is 11.3 Å². The van der Waals surface area contributed by atoms with Crippen LogP contribution in [0.3, 0.4) is 0 Å². The van der Waals surface area contributed by atoms with Crippen LogP contribution in [0, 0.1) is 11.8 Å². The van der Waals surface area contributed by atoms with Gasteiger partial charge in [0.05, 0.1) is 16.7 Å². The highest BCUT2D eigenvalue weighted by Crippen LogP contribution is 2.39. The van der Waals surface area contributed by atoms with Gasteiger partial charge in [0.1, 0.15) is 0 Å². The number of aliphatic carboxylic acids is 1. The molecule has 3 atom stereocenters. The van der Waals surface area contributed by atoms with Gasteiger partial charge >= 0.3 is 5.97 Å². The van der Waals surface area contributed by atoms with E-state index < -0.39 is 11.9 Å². The number of fused-ring (bicyclic) bond motifs is 1. The minimum Gasteiger partial charge on any atom is -0.481 e. The Morgan fingerprint density at radius 3 is 2.94 bits per heavy atom. The summed E-state index contributed by atoms with van der Waals surface area (Å²) >= 11 is 1.40. The molecule has 2 saturated heterocycles. The maximum absolute atomic E-state index is 12.5. The molecule has 2 aliphatic heterocycles. The first-order valence-corrected chi connectivity index (χ1v) is 7.11. The van der Waals surface area contributed by atoms with E-state index in [1.165, 1.54) is 11.3 Å². The summed E-state index contributed by atoms with van der Waals surface area (Å²) in [6.45, 7) is 1.46. The first-order chi connectivity index (χ1) is 8.68. The zero-order valence-corrected chi connectivity index (χ0v) is 10.7. The summed E-state index contributed by atoms with van der Waals surface area (Å²) in [6, 6.07) is 3.78. The topological polar surface area (TPSA) is 57.6 Å². The summed E-state index contributed by atoms with van der Waals surface area (Å²) in [4.78, 5) is 26.7. The predicted molar refractivity (Wildman–Crippen MR) is 67.9 cm³/mol. The van der Waals surface area contributed by atoms with E-state index in [4.69, 9.17) is 0 Å². The molecule has 1 aromatic heterocycles. The van der Waals surface area contributed by atoms with E-state index in [1.54, 1.807) is 6.07 Å². The number of thiophene rings is 1. The lowest BCUT2D eigenvalue weighted by molar-refractivity contribution is -0.142. The van der Waals surface area contributed by atoms with Gasteiger partial charge < -0.3 is 5.11 Å². The molecule has 0 aromatic carbocycles. The van der Waals surface area contributed by atoms with Gasteiger partial charge in [0.15, 0.2) is 5.78 Å². The van der Waals surface area contributed by atoms with Crippen molar-refractivity contribution in [3.05, 3.63) is 22.4 Å². The second kappa shape index (κ2) is 4.48. The van der Waals surface area contributed by atoms with E-state index in [2.05, 4.69) is 4.90 Å². The summed E-state index contributed by atoms with van der Waals surface area (Å²) in [5.74, 6) is -1.71. The van der Waals surface area contributed by atoms with Crippen molar-refractivity contribution in [2.75, 3.05) is 13.1 Å². The molecule has 18 heavy (non-hydrogen) atoms. The number of carbonyl (C=O) groups is 2. The van der Waals surface area contributed by atoms with Gasteiger partial charge in [-0.25, -0.2) is 0 Å². The molecule has 2 unspecified atom stereocenters. The number of ketones is 1. The van der Waals surface area contributed by atoms with Crippen LogP contribution in [0.15, 0.2) is 17.5 Å². The average Bonchev–Trinajstić information content (AvgIpc) is 3.04. The largest absolute Gasteiger partial charge is 0.481 e. The second-order valence-electron chi connectivity index (χ2n) is 5.02. The maximum atomic E-state index is 12.5. The average molecular weight is 265 g/mol. The summed E-state index contributed by atoms with van der Waals surface area (Å²) in [5.41, 5.74) is 0. The van der Waals surface area contributed by atoms with E-state index >= 15 is 0 Å². The highest BCUT2D eigenvalue weighted by molar-refractivity contribution is 7.12. The zero-order chi connectivity index (χ0) is 12.7. The van der Waals surface area contributed by atoms with Crippen LogP contribution in [0.5, 0.6) is 0 Å². The highest BCUT2D eigenvalue weighted by atomic mass is 32.1. The van der Waals surface area contributed by atoms with E-state index in [0.29, 0.717) is 11.4 Å². The van der Waals surface area contributed by atoms with Crippen LogP contribution < -0.4 is 0 Å². The molecule has 0 amide bonds. The fraction of sp³-hybridized carbons (Fsp3) is 0.538. The van der Waals surface area contributed by atoms with Crippen molar-refractivity contribution in [2.45, 2.75) is 18.9 Å². The third-order valence-electron chi connectivity index (χ3n) is 4.08. The molecule has 2 aliphatic rings. The van der Waals surface area contributed by atoms with Crippen molar-refractivity contribution >= 4 is 23.1 Å². The van der Waals surface area contributed by atoms with E-state index in [0.717, 1.165) is 19.4 Å². The van der Waals surface area contributed by atoms with Crippen LogP contribution in [0.4, 0.5) is 0 Å². The first kappa shape index (κ1) is 11.9. The lowest BCUT2D eigenvalue weighted by Gasteiger charge is -2.19. The molecule has 5 heteroatoms. The molecule has 0 saturated carbocycles. The molecular weight excluding hydrogens is 250 g/mol. The smallest absolute Gasteiger partial charge is 0.308 e. The number of carboxylic acids is 1. The van der Waals surface area contributed by atoms with Crippen molar-refractivity contribution in [1.82, 2.24) is 4.90 Å². The third-order valence-corrected chi connectivity index (χ3v) is 4.96. The second-order valence-corrected chi connectivity index (χ2v) is 5.96. The Morgan fingerprint density at radius 2 is 2.28 bits per heavy atom. The van der Waals surface area contributed by atoms with Gasteiger partial charge in [-0.3, -0.25) is 14.5 Å². The zero-order valence-electron chi connectivity index (χ0n) is 9.91. The van der Waals surface area contributed by atoms with Crippen LogP contribution in [0.1, 0.15) is 22.5 Å². The van der Waals surface area contributed by atoms with Gasteiger partial charge in [0.25, 0.3) is 0 Å². The van der Waals surface area contributed by atoms with Crippen LogP contribution in [-0.2, 0) is 4.79 Å². The van der Waals surface area contributed by atoms with Gasteiger partial charge in [-0.05, 0) is 30.8 Å². The van der Waals surface area contributed by atoms with Gasteiger partial charge in [0, 0.05) is 12.6 Å². The number of hydrogen-bond donors (Lipinski definition) is 1. The van der Waals surface area contributed by atoms with Crippen molar-refractivity contribution in [2.24, 2.45) is 11.8 Å². The Labute approximate surface area is 109 Å². The molecule has 2 fully saturated rings. The lowest BCUT2D eigenvalue weighted by atomic mass is 9.85. The molecule has 0 bridgehead atoms. The summed E-state index contributed by atoms with van der Waals surface area (Å²) in [7, 11) is 0. The Morgan fingerprint density at radius 1 is 1.44 bits per heavy atom. The molecule has 3 rings (SSSR count). The van der Waals surface area contributed by atoms with Crippen molar-refractivity contribution in [1.29, 1.82) is 0 Å². The molecule has 0 radical (unpaired) electrons. The fourth-order valence-electron chi connectivity index (χ4n) is 3.29. The molecule has 1 aromatic rings. The fourth-order valence-corrected chi connectivity index (χ4v) is 4.00. The van der Waals surface area contributed by atoms with E-state index in [-0.39, 0.29) is 17.7 Å². The molecule has 0 aliphatic carbocycles. The lowest BCUT2D eigenvalue weighted by Crippen LogP contribution is -2.33. The third kappa shape index (κ3) is 1.78. The monoisotopic (exact) mass is 265 g/mol. The van der Waals surface area contributed by atoms with E-state index in [9.17, 15) is 14.7 Å². The summed E-state index contributed by atoms with van der Waals surface area (Å²) in [5, 5.41) is 11.2. The number of carboxylic acid groups (broad SMARTS) is 1. The molecule has 96 valence electrons. The van der Waals surface area contributed by atoms with Gasteiger partial charge in [0.2, 0.25) is 0 Å². The Hall–Kier alpha value is -1.20. The van der Waals surface area contributed by atoms with Crippen LogP contribution in [0.25, 0.3) is 0 Å². The molecule has 4 nitrogen and oxygen atoms in total. The first-order valence-electron chi connectivity index (χ1n) is 6.23. The van der Waals surface area contributed by atoms with E-state index in [1.807, 2.05) is 11.4 Å². The Balaban J connectivity index is 1.91. The number of carbonyl (C=O) groups excluding carboxylic acids is 1. The van der Waals surface area contributed by atoms with Gasteiger partial charge in [-0.1, -0.05) is 6.07 Å². The highest BCUT2D eigenvalue weighted by Gasteiger charge is 2.50. The SMILES string of the molecule is O=C(O)C1CN2CCCC2[C@H]1C(=O)c1cccs1. The Bertz CT molecular complexity index is 471. The Kier molecular flexibility index (Phi) is 2.95. The molecule has 0 spiro atoms. The summed E-state index contributed by atoms with van der Waals surface area (Å²) in [6.07, 6.45) is 2.02. The maximum Gasteiger partial charge on any atom is 0.308 e. The predicted octanol–water partition coefficient (Wildman–Crippen LogP) is 1.73. The van der Waals surface area contributed by atoms with Crippen molar-refractivity contribution in [3.8, 4) is 0 Å². The number of hydrogen-bond acceptors (Lipinski definition) is 4. The molecular formula is C13H15NO3S.